The first-order chi connectivity index (χ1) is 32.1. The van der Waals surface area contributed by atoms with Crippen LogP contribution in [0.1, 0.15) is 94.7 Å². The normalized spacial score (nSPS) is 27.9. The van der Waals surface area contributed by atoms with Gasteiger partial charge in [0.2, 0.25) is 0 Å². The molecule has 6 N–H and O–H groups in total. The summed E-state index contributed by atoms with van der Waals surface area (Å²) in [4.78, 5) is 29.6. The minimum Gasteiger partial charge on any atom is -0.508 e. The van der Waals surface area contributed by atoms with Crippen LogP contribution in [-0.4, -0.2) is 66.8 Å². The maximum absolute atomic E-state index is 14.9. The maximum Gasteiger partial charge on any atom is 0.340 e. The molecule has 2 bridgehead atoms. The van der Waals surface area contributed by atoms with Gasteiger partial charge >= 0.3 is 11.9 Å². The molecule has 0 aromatic heterocycles. The molecule has 1 spiro atoms. The SMILES string of the molecule is CNCc1cccc(-c2ccc(O)cc2C2=C3C(=O)OC(=CC(CCO)Cc4ccccc4)C34CCC2C2CCC3=C(C(=O)OC3=CCC(CO)C3CCNC(NCCCC(C)C)C3)C24)c1. The fourth-order valence-corrected chi connectivity index (χ4v) is 12.8. The molecule has 7 aliphatic rings. The van der Waals surface area contributed by atoms with Crippen LogP contribution in [0.15, 0.2) is 113 Å². The second-order valence-corrected chi connectivity index (χ2v) is 20.2. The molecule has 0 radical (unpaired) electrons. The molecule has 4 aliphatic carbocycles. The highest BCUT2D eigenvalue weighted by molar-refractivity contribution is 6.07. The average molecular weight is 896 g/mol. The highest BCUT2D eigenvalue weighted by Crippen LogP contribution is 2.72. The number of phenolic OH excluding ortho intramolecular Hbond substituents is 1. The summed E-state index contributed by atoms with van der Waals surface area (Å²) in [6.07, 6.45) is 13.2. The van der Waals surface area contributed by atoms with Gasteiger partial charge in [-0.1, -0.05) is 68.4 Å². The quantitative estimate of drug-likeness (QED) is 0.0541. The lowest BCUT2D eigenvalue weighted by molar-refractivity contribution is -0.135. The van der Waals surface area contributed by atoms with Crippen LogP contribution in [0.3, 0.4) is 0 Å². The first kappa shape index (κ1) is 46.3. The molecular formula is C56H69N3O7. The summed E-state index contributed by atoms with van der Waals surface area (Å²) in [5, 5.41) is 42.9. The largest absolute Gasteiger partial charge is 0.508 e. The number of hydrogen-bond donors (Lipinski definition) is 6. The van der Waals surface area contributed by atoms with E-state index in [0.29, 0.717) is 73.1 Å². The molecule has 66 heavy (non-hydrogen) atoms. The van der Waals surface area contributed by atoms with E-state index in [1.807, 2.05) is 43.4 Å². The van der Waals surface area contributed by atoms with E-state index in [4.69, 9.17) is 9.47 Å². The van der Waals surface area contributed by atoms with Gasteiger partial charge in [-0.3, -0.25) is 0 Å². The van der Waals surface area contributed by atoms with Crippen molar-refractivity contribution >= 4 is 17.5 Å². The van der Waals surface area contributed by atoms with Crippen LogP contribution in [0.25, 0.3) is 16.7 Å². The highest BCUT2D eigenvalue weighted by Gasteiger charge is 2.68. The zero-order valence-electron chi connectivity index (χ0n) is 39.0. The van der Waals surface area contributed by atoms with Gasteiger partial charge < -0.3 is 40.7 Å². The number of allylic oxidation sites excluding steroid dienone is 5. The maximum atomic E-state index is 14.9. The Bertz CT molecular complexity index is 2400. The third-order valence-corrected chi connectivity index (χ3v) is 15.8. The number of hydrogen-bond acceptors (Lipinski definition) is 10. The van der Waals surface area contributed by atoms with E-state index in [1.165, 1.54) is 6.42 Å². The predicted octanol–water partition coefficient (Wildman–Crippen LogP) is 8.74. The second-order valence-electron chi connectivity index (χ2n) is 20.2. The first-order valence-corrected chi connectivity index (χ1v) is 24.8. The van der Waals surface area contributed by atoms with E-state index in [9.17, 15) is 24.9 Å². The molecule has 350 valence electrons. The topological polar surface area (TPSA) is 149 Å². The zero-order chi connectivity index (χ0) is 46.0. The fraction of sp³-hybridized carbons (Fsp3) is 0.500. The molecule has 10 rings (SSSR count). The average Bonchev–Trinajstić information content (AvgIpc) is 3.80. The molecule has 10 heteroatoms. The number of carbonyl (C=O) groups is 2. The Hall–Kier alpha value is -4.84. The number of fused-ring (bicyclic) bond motifs is 1. The van der Waals surface area contributed by atoms with E-state index in [-0.39, 0.29) is 60.7 Å². The van der Waals surface area contributed by atoms with Gasteiger partial charge in [0.05, 0.1) is 17.2 Å². The van der Waals surface area contributed by atoms with E-state index in [0.717, 1.165) is 84.2 Å². The number of benzene rings is 3. The van der Waals surface area contributed by atoms with Crippen molar-refractivity contribution in [3.63, 3.8) is 0 Å². The number of ether oxygens (including phenoxy) is 2. The minimum absolute atomic E-state index is 0.00203. The molecule has 3 aromatic rings. The molecule has 8 atom stereocenters. The Kier molecular flexibility index (Phi) is 14.1. The van der Waals surface area contributed by atoms with Crippen molar-refractivity contribution in [1.82, 2.24) is 16.0 Å². The summed E-state index contributed by atoms with van der Waals surface area (Å²) in [6.45, 7) is 7.10. The Morgan fingerprint density at radius 3 is 2.53 bits per heavy atom. The summed E-state index contributed by atoms with van der Waals surface area (Å²) in [7, 11) is 1.93. The molecule has 3 aromatic carbocycles. The number of nitrogens with one attached hydrogen (secondary N) is 3. The Labute approximate surface area is 390 Å². The van der Waals surface area contributed by atoms with Gasteiger partial charge in [-0.15, -0.1) is 0 Å². The van der Waals surface area contributed by atoms with Crippen molar-refractivity contribution in [3.05, 3.63) is 130 Å². The third kappa shape index (κ3) is 8.99. The first-order valence-electron chi connectivity index (χ1n) is 24.8. The monoisotopic (exact) mass is 896 g/mol. The van der Waals surface area contributed by atoms with E-state index in [2.05, 4.69) is 72.3 Å². The van der Waals surface area contributed by atoms with Crippen molar-refractivity contribution in [2.45, 2.75) is 97.2 Å². The van der Waals surface area contributed by atoms with Gasteiger partial charge in [-0.2, -0.15) is 0 Å². The molecule has 3 heterocycles. The zero-order valence-corrected chi connectivity index (χ0v) is 39.0. The van der Waals surface area contributed by atoms with Gasteiger partial charge in [0.1, 0.15) is 17.3 Å². The number of rotatable bonds is 18. The van der Waals surface area contributed by atoms with Crippen LogP contribution >= 0.6 is 0 Å². The van der Waals surface area contributed by atoms with Gasteiger partial charge in [0.25, 0.3) is 0 Å². The molecule has 3 aliphatic heterocycles. The number of cyclic esters (lactones) is 2. The van der Waals surface area contributed by atoms with Gasteiger partial charge in [-0.25, -0.2) is 9.59 Å². The molecule has 0 amide bonds. The van der Waals surface area contributed by atoms with Crippen molar-refractivity contribution in [2.75, 3.05) is 33.4 Å². The smallest absolute Gasteiger partial charge is 0.340 e. The number of carbonyl (C=O) groups excluding carboxylic acids is 2. The number of aliphatic hydroxyl groups is 2. The van der Waals surface area contributed by atoms with Crippen LogP contribution in [-0.2, 0) is 32.0 Å². The molecule has 8 unspecified atom stereocenters. The molecular weight excluding hydrogens is 827 g/mol. The van der Waals surface area contributed by atoms with Crippen molar-refractivity contribution in [2.24, 2.45) is 46.8 Å². The summed E-state index contributed by atoms with van der Waals surface area (Å²) in [5.41, 5.74) is 7.12. The highest BCUT2D eigenvalue weighted by atomic mass is 16.6. The van der Waals surface area contributed by atoms with Crippen molar-refractivity contribution in [3.8, 4) is 16.9 Å². The number of aromatic hydroxyl groups is 1. The van der Waals surface area contributed by atoms with Gasteiger partial charge in [0.15, 0.2) is 0 Å². The molecule has 10 nitrogen and oxygen atoms in total. The number of esters is 2. The summed E-state index contributed by atoms with van der Waals surface area (Å²) >= 11 is 0. The standard InChI is InChI=1S/C56H69N3O7/c1-34(2)9-8-24-58-49-30-38(21-25-59-49)40(33-61)14-19-47-45-18-17-44-43-20-23-56(52(44)51(45)54(63)65-47)48(29-36(22-26-60)27-35-10-5-4-6-11-35)66-55(64)53(56)50(43)46-31-41(62)15-16-42(46)39-13-7-12-37(28-39)32-57-3/h4-7,10-13,15-16,19,28-29,31,34,36,38,40,43-44,49,52,57-62H,8-9,14,17-18,20-27,30,32-33H2,1-3H3. The van der Waals surface area contributed by atoms with Gasteiger partial charge in [0, 0.05) is 36.8 Å². The summed E-state index contributed by atoms with van der Waals surface area (Å²) < 4.78 is 12.9. The number of aliphatic hydroxyl groups excluding tert-OH is 2. The lowest BCUT2D eigenvalue weighted by atomic mass is 9.44. The third-order valence-electron chi connectivity index (χ3n) is 15.8. The Morgan fingerprint density at radius 2 is 1.74 bits per heavy atom. The van der Waals surface area contributed by atoms with Crippen molar-refractivity contribution in [1.29, 1.82) is 0 Å². The van der Waals surface area contributed by atoms with Crippen LogP contribution in [0.5, 0.6) is 5.75 Å². The lowest BCUT2D eigenvalue weighted by Crippen LogP contribution is -2.52. The number of phenols is 1. The van der Waals surface area contributed by atoms with E-state index in [1.54, 1.807) is 6.07 Å². The van der Waals surface area contributed by atoms with Crippen LogP contribution in [0.2, 0.25) is 0 Å². The summed E-state index contributed by atoms with van der Waals surface area (Å²) in [6, 6.07) is 24.0. The summed E-state index contributed by atoms with van der Waals surface area (Å²) in [5.74, 6) is 0.997. The number of piperidine rings is 1. The lowest BCUT2D eigenvalue weighted by Gasteiger charge is -2.56. The fourth-order valence-electron chi connectivity index (χ4n) is 12.8. The van der Waals surface area contributed by atoms with Gasteiger partial charge in [-0.05, 0) is 190 Å². The van der Waals surface area contributed by atoms with Crippen LogP contribution in [0, 0.1) is 46.8 Å². The minimum atomic E-state index is -0.956. The second kappa shape index (κ2) is 20.2. The van der Waals surface area contributed by atoms with E-state index < -0.39 is 11.4 Å². The predicted molar refractivity (Wildman–Crippen MR) is 257 cm³/mol. The molecule has 1 saturated carbocycles. The molecule has 2 saturated heterocycles. The van der Waals surface area contributed by atoms with Crippen LogP contribution < -0.4 is 16.0 Å². The van der Waals surface area contributed by atoms with Crippen LogP contribution in [0.4, 0.5) is 0 Å². The van der Waals surface area contributed by atoms with E-state index >= 15 is 0 Å². The molecule has 3 fully saturated rings. The van der Waals surface area contributed by atoms with Crippen molar-refractivity contribution < 1.29 is 34.4 Å². The Balaban J connectivity index is 1.12. The Morgan fingerprint density at radius 1 is 0.909 bits per heavy atom.